The van der Waals surface area contributed by atoms with Crippen LogP contribution in [0.15, 0.2) is 48.5 Å². The van der Waals surface area contributed by atoms with E-state index in [-0.39, 0.29) is 5.82 Å². The Balaban J connectivity index is 0.000000423. The third kappa shape index (κ3) is 7.99. The number of aryl methyl sites for hydroxylation is 1. The number of benzene rings is 2. The Morgan fingerprint density at radius 1 is 1.03 bits per heavy atom. The fourth-order valence-corrected chi connectivity index (χ4v) is 2.97. The van der Waals surface area contributed by atoms with E-state index in [1.54, 1.807) is 17.6 Å². The molecule has 1 amide bonds. The molecular weight excluding hydrogens is 420 g/mol. The molecule has 0 spiro atoms. The summed E-state index contributed by atoms with van der Waals surface area (Å²) in [5.41, 5.74) is 4.43. The first-order valence-electron chi connectivity index (χ1n) is 9.44. The first-order chi connectivity index (χ1) is 14.6. The summed E-state index contributed by atoms with van der Waals surface area (Å²) < 4.78 is 44.7. The molecule has 1 saturated carbocycles. The van der Waals surface area contributed by atoms with Gasteiger partial charge in [-0.2, -0.15) is 13.2 Å². The number of nitrogens with one attached hydrogen (secondary N) is 2. The van der Waals surface area contributed by atoms with Gasteiger partial charge in [0.1, 0.15) is 5.82 Å². The van der Waals surface area contributed by atoms with E-state index in [0.717, 1.165) is 31.4 Å². The van der Waals surface area contributed by atoms with Gasteiger partial charge >= 0.3 is 12.1 Å². The van der Waals surface area contributed by atoms with Crippen LogP contribution in [0, 0.1) is 5.82 Å². The number of carbonyl (C=O) groups excluding carboxylic acids is 1. The van der Waals surface area contributed by atoms with Crippen LogP contribution in [0.25, 0.3) is 0 Å². The van der Waals surface area contributed by atoms with Gasteiger partial charge in [0, 0.05) is 17.5 Å². The molecule has 168 valence electrons. The van der Waals surface area contributed by atoms with Crippen LogP contribution in [0.3, 0.4) is 0 Å². The van der Waals surface area contributed by atoms with Crippen molar-refractivity contribution in [2.75, 3.05) is 6.54 Å². The lowest BCUT2D eigenvalue weighted by atomic mass is 10.1. The van der Waals surface area contributed by atoms with E-state index in [1.807, 2.05) is 24.3 Å². The molecule has 31 heavy (non-hydrogen) atoms. The molecule has 6 nitrogen and oxygen atoms in total. The minimum absolute atomic E-state index is 0.189. The maximum absolute atomic E-state index is 12.9. The molecule has 0 aliphatic heterocycles. The molecule has 1 fully saturated rings. The minimum Gasteiger partial charge on any atom is -0.475 e. The zero-order valence-corrected chi connectivity index (χ0v) is 16.3. The molecule has 3 rings (SSSR count). The van der Waals surface area contributed by atoms with E-state index >= 15 is 0 Å². The number of alkyl halides is 3. The van der Waals surface area contributed by atoms with E-state index in [9.17, 15) is 22.4 Å². The second-order valence-electron chi connectivity index (χ2n) is 7.00. The van der Waals surface area contributed by atoms with Crippen LogP contribution in [-0.4, -0.2) is 41.0 Å². The van der Waals surface area contributed by atoms with Crippen molar-refractivity contribution in [3.05, 3.63) is 71.0 Å². The molecule has 0 saturated heterocycles. The summed E-state index contributed by atoms with van der Waals surface area (Å²) in [6.07, 6.45) is -2.03. The quantitative estimate of drug-likeness (QED) is 0.227. The lowest BCUT2D eigenvalue weighted by molar-refractivity contribution is -0.192. The summed E-state index contributed by atoms with van der Waals surface area (Å²) in [5, 5.41) is 19.2. The molecule has 2 atom stereocenters. The molecule has 1 aliphatic rings. The second kappa shape index (κ2) is 10.9. The Bertz CT molecular complexity index is 870. The normalized spacial score (nSPS) is 17.3. The number of rotatable bonds is 7. The fraction of sp³-hybridized carbons (Fsp3) is 0.333. The number of hydrogen-bond donors (Lipinski definition) is 4. The highest BCUT2D eigenvalue weighted by molar-refractivity contribution is 5.93. The molecule has 0 aromatic heterocycles. The Morgan fingerprint density at radius 3 is 2.13 bits per heavy atom. The zero-order chi connectivity index (χ0) is 23.0. The molecular formula is C21H22F4N2O4. The molecule has 1 aliphatic carbocycles. The summed E-state index contributed by atoms with van der Waals surface area (Å²) in [7, 11) is 0. The van der Waals surface area contributed by atoms with Crippen molar-refractivity contribution < 1.29 is 37.5 Å². The zero-order valence-electron chi connectivity index (χ0n) is 16.3. The number of halogens is 4. The summed E-state index contributed by atoms with van der Waals surface area (Å²) in [6, 6.07) is 14.5. The predicted molar refractivity (Wildman–Crippen MR) is 103 cm³/mol. The van der Waals surface area contributed by atoms with E-state index in [4.69, 9.17) is 15.1 Å². The SMILES string of the molecule is O=C(NO)c1ccc(CCCNC2CC2c2ccc(F)cc2)cc1.O=C(O)C(F)(F)F. The minimum atomic E-state index is -5.08. The van der Waals surface area contributed by atoms with E-state index in [1.165, 1.54) is 17.7 Å². The van der Waals surface area contributed by atoms with Gasteiger partial charge in [-0.25, -0.2) is 14.7 Å². The summed E-state index contributed by atoms with van der Waals surface area (Å²) in [5.74, 6) is -2.94. The van der Waals surface area contributed by atoms with Gasteiger partial charge in [0.15, 0.2) is 0 Å². The Morgan fingerprint density at radius 2 is 1.61 bits per heavy atom. The van der Waals surface area contributed by atoms with E-state index in [2.05, 4.69) is 5.32 Å². The smallest absolute Gasteiger partial charge is 0.475 e. The largest absolute Gasteiger partial charge is 0.490 e. The first kappa shape index (κ1) is 24.3. The number of carboxylic acid groups (broad SMARTS) is 1. The fourth-order valence-electron chi connectivity index (χ4n) is 2.97. The molecule has 2 aromatic rings. The number of carbonyl (C=O) groups is 2. The van der Waals surface area contributed by atoms with Gasteiger partial charge in [-0.15, -0.1) is 0 Å². The van der Waals surface area contributed by atoms with Crippen molar-refractivity contribution in [1.29, 1.82) is 0 Å². The highest BCUT2D eigenvalue weighted by atomic mass is 19.4. The molecule has 0 radical (unpaired) electrons. The van der Waals surface area contributed by atoms with Crippen LogP contribution in [0.1, 0.15) is 40.2 Å². The van der Waals surface area contributed by atoms with Crippen molar-refractivity contribution in [2.45, 2.75) is 37.4 Å². The number of carboxylic acids is 1. The van der Waals surface area contributed by atoms with Gasteiger partial charge < -0.3 is 10.4 Å². The summed E-state index contributed by atoms with van der Waals surface area (Å²) in [4.78, 5) is 20.1. The second-order valence-corrected chi connectivity index (χ2v) is 7.00. The summed E-state index contributed by atoms with van der Waals surface area (Å²) >= 11 is 0. The maximum atomic E-state index is 12.9. The molecule has 2 unspecified atom stereocenters. The van der Waals surface area contributed by atoms with Crippen LogP contribution in [-0.2, 0) is 11.2 Å². The lowest BCUT2D eigenvalue weighted by Crippen LogP contribution is -2.21. The highest BCUT2D eigenvalue weighted by Gasteiger charge is 2.38. The van der Waals surface area contributed by atoms with Crippen LogP contribution in [0.2, 0.25) is 0 Å². The van der Waals surface area contributed by atoms with Crippen molar-refractivity contribution in [2.24, 2.45) is 0 Å². The lowest BCUT2D eigenvalue weighted by Gasteiger charge is -2.06. The van der Waals surface area contributed by atoms with Crippen molar-refractivity contribution >= 4 is 11.9 Å². The van der Waals surface area contributed by atoms with Crippen molar-refractivity contribution in [3.63, 3.8) is 0 Å². The number of amides is 1. The van der Waals surface area contributed by atoms with Gasteiger partial charge in [-0.1, -0.05) is 24.3 Å². The van der Waals surface area contributed by atoms with Gasteiger partial charge in [-0.05, 0) is 61.2 Å². The Hall–Kier alpha value is -2.98. The average Bonchev–Trinajstić information content (AvgIpc) is 3.51. The predicted octanol–water partition coefficient (Wildman–Crippen LogP) is 3.66. The summed E-state index contributed by atoms with van der Waals surface area (Å²) in [6.45, 7) is 0.932. The third-order valence-corrected chi connectivity index (χ3v) is 4.70. The maximum Gasteiger partial charge on any atom is 0.490 e. The molecule has 4 N–H and O–H groups in total. The van der Waals surface area contributed by atoms with Crippen molar-refractivity contribution in [1.82, 2.24) is 10.8 Å². The monoisotopic (exact) mass is 442 g/mol. The van der Waals surface area contributed by atoms with Crippen molar-refractivity contribution in [3.8, 4) is 0 Å². The molecule has 0 heterocycles. The van der Waals surface area contributed by atoms with Gasteiger partial charge in [0.2, 0.25) is 0 Å². The van der Waals surface area contributed by atoms with Gasteiger partial charge in [0.25, 0.3) is 5.91 Å². The third-order valence-electron chi connectivity index (χ3n) is 4.70. The van der Waals surface area contributed by atoms with Crippen LogP contribution < -0.4 is 10.8 Å². The highest BCUT2D eigenvalue weighted by Crippen LogP contribution is 2.40. The van der Waals surface area contributed by atoms with E-state index in [0.29, 0.717) is 17.5 Å². The van der Waals surface area contributed by atoms with Crippen LogP contribution >= 0.6 is 0 Å². The molecule has 10 heteroatoms. The van der Waals surface area contributed by atoms with E-state index < -0.39 is 18.1 Å². The van der Waals surface area contributed by atoms with Gasteiger partial charge in [-0.3, -0.25) is 10.0 Å². The van der Waals surface area contributed by atoms with Crippen LogP contribution in [0.5, 0.6) is 0 Å². The average molecular weight is 442 g/mol. The molecule has 2 aromatic carbocycles. The standard InChI is InChI=1S/C19H21FN2O2.C2HF3O2/c20-16-9-7-14(8-10-16)17-12-18(17)21-11-1-2-13-3-5-15(6-4-13)19(23)22-24;3-2(4,5)1(6)7/h3-10,17-18,21,24H,1-2,11-12H2,(H,22,23);(H,6,7). The van der Waals surface area contributed by atoms with Crippen LogP contribution in [0.4, 0.5) is 17.6 Å². The van der Waals surface area contributed by atoms with Gasteiger partial charge in [0.05, 0.1) is 0 Å². The number of hydrogen-bond acceptors (Lipinski definition) is 4. The Labute approximate surface area is 175 Å². The number of aliphatic carboxylic acids is 1. The molecule has 0 bridgehead atoms. The number of hydroxylamine groups is 1. The Kier molecular flexibility index (Phi) is 8.52. The topological polar surface area (TPSA) is 98.7 Å². The first-order valence-corrected chi connectivity index (χ1v) is 9.44.